The third-order valence-corrected chi connectivity index (χ3v) is 5.42. The number of ketones is 1. The van der Waals surface area contributed by atoms with Crippen molar-refractivity contribution in [2.75, 3.05) is 5.32 Å². The van der Waals surface area contributed by atoms with E-state index in [2.05, 4.69) is 10.7 Å². The number of thioether (sulfide) groups is 1. The van der Waals surface area contributed by atoms with Gasteiger partial charge in [0.05, 0.1) is 4.91 Å². The van der Waals surface area contributed by atoms with Gasteiger partial charge in [-0.1, -0.05) is 72.0 Å². The van der Waals surface area contributed by atoms with Gasteiger partial charge in [0.1, 0.15) is 0 Å². The zero-order valence-electron chi connectivity index (χ0n) is 15.2. The maximum absolute atomic E-state index is 12.6. The van der Waals surface area contributed by atoms with E-state index in [1.54, 1.807) is 36.4 Å². The molecule has 0 saturated carbocycles. The topological polar surface area (TPSA) is 78.5 Å². The molecule has 29 heavy (non-hydrogen) atoms. The van der Waals surface area contributed by atoms with Crippen LogP contribution in [0.3, 0.4) is 0 Å². The molecule has 0 atom stereocenters. The number of carbonyl (C=O) groups is 3. The predicted octanol–water partition coefficient (Wildman–Crippen LogP) is 3.39. The molecule has 146 valence electrons. The molecule has 0 unspecified atom stereocenters. The lowest BCUT2D eigenvalue weighted by atomic mass is 10.1. The summed E-state index contributed by atoms with van der Waals surface area (Å²) in [5.74, 6) is -1.44. The molecule has 1 aliphatic rings. The number of para-hydroxylation sites is 1. The monoisotopic (exact) mass is 441 g/mol. The molecule has 1 heterocycles. The number of allylic oxidation sites excluding steroid dienone is 1. The third kappa shape index (κ3) is 5.14. The van der Waals surface area contributed by atoms with Crippen LogP contribution in [0.2, 0.25) is 0 Å². The zero-order chi connectivity index (χ0) is 21.0. The molecule has 0 aromatic heterocycles. The number of rotatable bonds is 4. The first-order valence-electron chi connectivity index (χ1n) is 8.41. The number of anilines is 1. The Kier molecular flexibility index (Phi) is 6.53. The van der Waals surface area contributed by atoms with Crippen molar-refractivity contribution in [2.24, 2.45) is 0 Å². The van der Waals surface area contributed by atoms with Crippen molar-refractivity contribution in [3.8, 4) is 0 Å². The number of benzene rings is 2. The first kappa shape index (κ1) is 20.8. The predicted molar refractivity (Wildman–Crippen MR) is 121 cm³/mol. The molecule has 3 rings (SSSR count). The second kappa shape index (κ2) is 9.08. The van der Waals surface area contributed by atoms with E-state index in [9.17, 15) is 14.4 Å². The Labute approximate surface area is 182 Å². The van der Waals surface area contributed by atoms with Crippen molar-refractivity contribution in [1.29, 1.82) is 0 Å². The van der Waals surface area contributed by atoms with Gasteiger partial charge >= 0.3 is 0 Å². The van der Waals surface area contributed by atoms with Crippen LogP contribution in [0, 0.1) is 6.92 Å². The van der Waals surface area contributed by atoms with Crippen LogP contribution in [0.5, 0.6) is 0 Å². The second-order valence-corrected chi connectivity index (χ2v) is 8.09. The molecular weight excluding hydrogens is 426 g/mol. The van der Waals surface area contributed by atoms with E-state index in [4.69, 9.17) is 24.4 Å². The van der Waals surface area contributed by atoms with E-state index in [1.807, 2.05) is 25.1 Å². The molecule has 1 aliphatic heterocycles. The van der Waals surface area contributed by atoms with Gasteiger partial charge in [-0.25, -0.2) is 0 Å². The molecule has 2 N–H and O–H groups in total. The number of hydrogen-bond donors (Lipinski definition) is 2. The van der Waals surface area contributed by atoms with Crippen LogP contribution in [0.4, 0.5) is 5.69 Å². The molecule has 0 spiro atoms. The van der Waals surface area contributed by atoms with E-state index in [0.717, 1.165) is 22.3 Å². The van der Waals surface area contributed by atoms with Gasteiger partial charge < -0.3 is 5.32 Å². The highest BCUT2D eigenvalue weighted by Crippen LogP contribution is 2.30. The van der Waals surface area contributed by atoms with Gasteiger partial charge in [-0.15, -0.1) is 0 Å². The number of carbonyl (C=O) groups excluding carboxylic acids is 3. The van der Waals surface area contributed by atoms with Crippen molar-refractivity contribution >= 4 is 68.8 Å². The molecule has 2 aromatic rings. The highest BCUT2D eigenvalue weighted by Gasteiger charge is 2.34. The van der Waals surface area contributed by atoms with Gasteiger partial charge in [0.25, 0.3) is 11.8 Å². The summed E-state index contributed by atoms with van der Waals surface area (Å²) >= 11 is 11.2. The lowest BCUT2D eigenvalue weighted by Crippen LogP contribution is -2.48. The summed E-state index contributed by atoms with van der Waals surface area (Å²) in [7, 11) is 0. The molecule has 6 nitrogen and oxygen atoms in total. The van der Waals surface area contributed by atoms with E-state index in [1.165, 1.54) is 6.08 Å². The van der Waals surface area contributed by atoms with Gasteiger partial charge in [0.2, 0.25) is 0 Å². The van der Waals surface area contributed by atoms with Crippen LogP contribution in [-0.4, -0.2) is 31.9 Å². The minimum Gasteiger partial charge on any atom is -0.320 e. The SMILES string of the molecule is Cc1ccc(C(=O)/C=C2/SC(=S)N(NC(=S)C(=O)Nc3ccccc3)C2=O)cc1. The molecule has 1 fully saturated rings. The van der Waals surface area contributed by atoms with Gasteiger partial charge in [-0.2, -0.15) is 5.01 Å². The number of thiocarbonyl (C=S) groups is 2. The standard InChI is InChI=1S/C20H15N3O3S3/c1-12-7-9-13(10-8-12)15(24)11-16-19(26)23(20(28)29-16)22-18(27)17(25)21-14-5-3-2-4-6-14/h2-11H,1H3,(H,21,25)(H,22,27)/b16-11+. The lowest BCUT2D eigenvalue weighted by molar-refractivity contribution is -0.123. The average Bonchev–Trinajstić information content (AvgIpc) is 2.96. The fraction of sp³-hybridized carbons (Fsp3) is 0.0500. The molecular formula is C20H15N3O3S3. The van der Waals surface area contributed by atoms with Crippen molar-refractivity contribution in [2.45, 2.75) is 6.92 Å². The Morgan fingerprint density at radius 2 is 1.72 bits per heavy atom. The van der Waals surface area contributed by atoms with Gasteiger partial charge in [-0.3, -0.25) is 19.8 Å². The summed E-state index contributed by atoms with van der Waals surface area (Å²) in [4.78, 5) is 37.1. The average molecular weight is 442 g/mol. The summed E-state index contributed by atoms with van der Waals surface area (Å²) in [6.45, 7) is 1.92. The number of nitrogens with zero attached hydrogens (tertiary/aromatic N) is 1. The second-order valence-electron chi connectivity index (χ2n) is 6.01. The molecule has 2 aromatic carbocycles. The number of hydrazine groups is 1. The van der Waals surface area contributed by atoms with Crippen molar-refractivity contribution < 1.29 is 14.4 Å². The van der Waals surface area contributed by atoms with Crippen LogP contribution in [0.1, 0.15) is 15.9 Å². The van der Waals surface area contributed by atoms with Crippen LogP contribution in [0.25, 0.3) is 0 Å². The number of amides is 2. The fourth-order valence-corrected chi connectivity index (χ4v) is 3.64. The first-order valence-corrected chi connectivity index (χ1v) is 10.0. The summed E-state index contributed by atoms with van der Waals surface area (Å²) < 4.78 is 0.146. The molecule has 0 radical (unpaired) electrons. The van der Waals surface area contributed by atoms with Crippen LogP contribution in [-0.2, 0) is 9.59 Å². The Morgan fingerprint density at radius 3 is 2.38 bits per heavy atom. The highest BCUT2D eigenvalue weighted by molar-refractivity contribution is 8.26. The zero-order valence-corrected chi connectivity index (χ0v) is 17.6. The first-order chi connectivity index (χ1) is 13.8. The normalized spacial score (nSPS) is 14.8. The maximum atomic E-state index is 12.6. The van der Waals surface area contributed by atoms with Crippen molar-refractivity contribution in [1.82, 2.24) is 10.4 Å². The van der Waals surface area contributed by atoms with Crippen molar-refractivity contribution in [3.05, 3.63) is 76.7 Å². The Hall–Kier alpha value is -2.88. The van der Waals surface area contributed by atoms with E-state index < -0.39 is 11.8 Å². The Bertz CT molecular complexity index is 1030. The lowest BCUT2D eigenvalue weighted by Gasteiger charge is -2.17. The van der Waals surface area contributed by atoms with E-state index in [-0.39, 0.29) is 20.0 Å². The summed E-state index contributed by atoms with van der Waals surface area (Å²) in [6, 6.07) is 15.8. The van der Waals surface area contributed by atoms with E-state index in [0.29, 0.717) is 11.3 Å². The highest BCUT2D eigenvalue weighted by atomic mass is 32.2. The third-order valence-electron chi connectivity index (χ3n) is 3.84. The number of aryl methyl sites for hydroxylation is 1. The minimum atomic E-state index is -0.583. The van der Waals surface area contributed by atoms with Gasteiger partial charge in [0, 0.05) is 17.3 Å². The largest absolute Gasteiger partial charge is 0.320 e. The minimum absolute atomic E-state index is 0.146. The molecule has 0 aliphatic carbocycles. The molecule has 1 saturated heterocycles. The summed E-state index contributed by atoms with van der Waals surface area (Å²) in [6.07, 6.45) is 1.23. The van der Waals surface area contributed by atoms with Gasteiger partial charge in [0.15, 0.2) is 15.1 Å². The van der Waals surface area contributed by atoms with Crippen molar-refractivity contribution in [3.63, 3.8) is 0 Å². The molecule has 0 bridgehead atoms. The fourth-order valence-electron chi connectivity index (χ4n) is 2.35. The summed E-state index contributed by atoms with van der Waals surface area (Å²) in [5, 5.41) is 3.60. The maximum Gasteiger partial charge on any atom is 0.285 e. The van der Waals surface area contributed by atoms with E-state index >= 15 is 0 Å². The van der Waals surface area contributed by atoms with Crippen LogP contribution >= 0.6 is 36.2 Å². The number of hydrogen-bond acceptors (Lipinski definition) is 6. The number of nitrogens with one attached hydrogen (secondary N) is 2. The Morgan fingerprint density at radius 1 is 1.07 bits per heavy atom. The van der Waals surface area contributed by atoms with Gasteiger partial charge in [-0.05, 0) is 31.3 Å². The summed E-state index contributed by atoms with van der Waals surface area (Å²) in [5.41, 5.74) is 4.59. The Balaban J connectivity index is 1.66. The molecule has 9 heteroatoms. The quantitative estimate of drug-likeness (QED) is 0.428. The van der Waals surface area contributed by atoms with Crippen LogP contribution in [0.15, 0.2) is 65.6 Å². The van der Waals surface area contributed by atoms with Crippen LogP contribution < -0.4 is 10.7 Å². The smallest absolute Gasteiger partial charge is 0.285 e. The molecule has 2 amide bonds.